The zero-order valence-corrected chi connectivity index (χ0v) is 14.4. The zero-order chi connectivity index (χ0) is 19.3. The highest BCUT2D eigenvalue weighted by Gasteiger charge is 2.37. The van der Waals surface area contributed by atoms with Crippen molar-refractivity contribution in [1.82, 2.24) is 9.47 Å². The summed E-state index contributed by atoms with van der Waals surface area (Å²) in [5.41, 5.74) is 2.61. The van der Waals surface area contributed by atoms with Crippen LogP contribution in [0.25, 0.3) is 10.9 Å². The number of benzene rings is 2. The Balaban J connectivity index is 1.80. The first kappa shape index (κ1) is 17.2. The van der Waals surface area contributed by atoms with Crippen LogP contribution in [0.4, 0.5) is 8.78 Å². The number of carboxylic acids is 1. The molecule has 0 saturated carbocycles. The van der Waals surface area contributed by atoms with E-state index in [1.54, 1.807) is 0 Å². The van der Waals surface area contributed by atoms with Crippen molar-refractivity contribution in [2.24, 2.45) is 7.05 Å². The number of amides is 1. The van der Waals surface area contributed by atoms with Gasteiger partial charge in [-0.15, -0.1) is 0 Å². The molecule has 1 aliphatic heterocycles. The number of fused-ring (bicyclic) bond motifs is 3. The number of aryl methyl sites for hydroxylation is 1. The van der Waals surface area contributed by atoms with E-state index in [1.807, 2.05) is 35.9 Å². The minimum atomic E-state index is -1.14. The van der Waals surface area contributed by atoms with E-state index in [-0.39, 0.29) is 18.5 Å². The highest BCUT2D eigenvalue weighted by Crippen LogP contribution is 2.33. The first-order chi connectivity index (χ1) is 12.9. The Labute approximate surface area is 153 Å². The van der Waals surface area contributed by atoms with Gasteiger partial charge in [0.1, 0.15) is 6.04 Å². The SMILES string of the molecule is Cn1c2c(c3ccccc31)CC(C(=O)O)N(C(=O)c1ccc(F)c(F)c1)C2. The molecule has 1 atom stereocenters. The highest BCUT2D eigenvalue weighted by atomic mass is 19.2. The number of aliphatic carboxylic acids is 1. The largest absolute Gasteiger partial charge is 0.480 e. The summed E-state index contributed by atoms with van der Waals surface area (Å²) >= 11 is 0. The minimum Gasteiger partial charge on any atom is -0.480 e. The molecule has 0 fully saturated rings. The molecule has 2 heterocycles. The maximum atomic E-state index is 13.5. The Morgan fingerprint density at radius 1 is 1.11 bits per heavy atom. The Hall–Kier alpha value is -3.22. The average molecular weight is 370 g/mol. The van der Waals surface area contributed by atoms with Crippen LogP contribution < -0.4 is 0 Å². The molecule has 0 saturated heterocycles. The predicted octanol–water partition coefficient (Wildman–Crippen LogP) is 3.11. The third-order valence-corrected chi connectivity index (χ3v) is 5.15. The number of aromatic nitrogens is 1. The first-order valence-corrected chi connectivity index (χ1v) is 8.42. The van der Waals surface area contributed by atoms with Crippen LogP contribution >= 0.6 is 0 Å². The normalized spacial score (nSPS) is 16.4. The van der Waals surface area contributed by atoms with Crippen molar-refractivity contribution in [3.05, 3.63) is 70.9 Å². The second kappa shape index (κ2) is 6.19. The molecule has 5 nitrogen and oxygen atoms in total. The van der Waals surface area contributed by atoms with Gasteiger partial charge in [-0.25, -0.2) is 13.6 Å². The van der Waals surface area contributed by atoms with Gasteiger partial charge in [-0.2, -0.15) is 0 Å². The molecule has 2 aromatic carbocycles. The van der Waals surface area contributed by atoms with Crippen molar-refractivity contribution in [2.45, 2.75) is 19.0 Å². The second-order valence-corrected chi connectivity index (χ2v) is 6.62. The van der Waals surface area contributed by atoms with Crippen LogP contribution in [-0.4, -0.2) is 32.5 Å². The molecule has 4 rings (SSSR count). The van der Waals surface area contributed by atoms with Crippen LogP contribution in [0.15, 0.2) is 42.5 Å². The fourth-order valence-corrected chi connectivity index (χ4v) is 3.76. The number of hydrogen-bond acceptors (Lipinski definition) is 2. The van der Waals surface area contributed by atoms with Crippen molar-refractivity contribution in [3.8, 4) is 0 Å². The molecule has 3 aromatic rings. The summed E-state index contributed by atoms with van der Waals surface area (Å²) in [6.07, 6.45) is 0.154. The lowest BCUT2D eigenvalue weighted by Crippen LogP contribution is -2.48. The number of hydrogen-bond donors (Lipinski definition) is 1. The van der Waals surface area contributed by atoms with Gasteiger partial charge >= 0.3 is 5.97 Å². The van der Waals surface area contributed by atoms with Crippen LogP contribution in [0.3, 0.4) is 0 Å². The smallest absolute Gasteiger partial charge is 0.326 e. The quantitative estimate of drug-likeness (QED) is 0.754. The zero-order valence-electron chi connectivity index (χ0n) is 14.4. The molecule has 7 heteroatoms. The lowest BCUT2D eigenvalue weighted by atomic mass is 9.95. The molecule has 1 aromatic heterocycles. The maximum absolute atomic E-state index is 13.5. The van der Waals surface area contributed by atoms with Gasteiger partial charge in [-0.1, -0.05) is 18.2 Å². The number of carbonyl (C=O) groups excluding carboxylic acids is 1. The summed E-state index contributed by atoms with van der Waals surface area (Å²) in [5.74, 6) is -3.98. The third kappa shape index (κ3) is 2.66. The number of carbonyl (C=O) groups is 2. The number of carboxylic acid groups (broad SMARTS) is 1. The first-order valence-electron chi connectivity index (χ1n) is 8.42. The van der Waals surface area contributed by atoms with Crippen LogP contribution in [0.5, 0.6) is 0 Å². The number of nitrogens with zero attached hydrogens (tertiary/aromatic N) is 2. The Bertz CT molecular complexity index is 1090. The molecule has 0 radical (unpaired) electrons. The van der Waals surface area contributed by atoms with Crippen molar-refractivity contribution in [3.63, 3.8) is 0 Å². The average Bonchev–Trinajstić information content (AvgIpc) is 2.94. The van der Waals surface area contributed by atoms with Gasteiger partial charge in [0.05, 0.1) is 6.54 Å². The second-order valence-electron chi connectivity index (χ2n) is 6.62. The molecule has 1 unspecified atom stereocenters. The van der Waals surface area contributed by atoms with Crippen molar-refractivity contribution < 1.29 is 23.5 Å². The molecule has 1 amide bonds. The summed E-state index contributed by atoms with van der Waals surface area (Å²) in [7, 11) is 1.86. The summed E-state index contributed by atoms with van der Waals surface area (Å²) in [6.45, 7) is 0.0787. The van der Waals surface area contributed by atoms with Crippen LogP contribution in [0.1, 0.15) is 21.6 Å². The van der Waals surface area contributed by atoms with E-state index in [0.29, 0.717) is 0 Å². The van der Waals surface area contributed by atoms with Crippen LogP contribution in [-0.2, 0) is 24.8 Å². The number of rotatable bonds is 2. The fraction of sp³-hybridized carbons (Fsp3) is 0.200. The van der Waals surface area contributed by atoms with E-state index in [9.17, 15) is 23.5 Å². The van der Waals surface area contributed by atoms with Gasteiger partial charge in [0, 0.05) is 35.6 Å². The lowest BCUT2D eigenvalue weighted by molar-refractivity contribution is -0.142. The van der Waals surface area contributed by atoms with E-state index in [1.165, 1.54) is 4.90 Å². The van der Waals surface area contributed by atoms with Gasteiger partial charge < -0.3 is 14.6 Å². The van der Waals surface area contributed by atoms with Gasteiger partial charge in [0.15, 0.2) is 11.6 Å². The number of para-hydroxylation sites is 1. The lowest BCUT2D eigenvalue weighted by Gasteiger charge is -2.34. The topological polar surface area (TPSA) is 62.5 Å². The molecule has 27 heavy (non-hydrogen) atoms. The van der Waals surface area contributed by atoms with Crippen molar-refractivity contribution in [2.75, 3.05) is 0 Å². The van der Waals surface area contributed by atoms with Gasteiger partial charge in [0.2, 0.25) is 0 Å². The van der Waals surface area contributed by atoms with E-state index in [4.69, 9.17) is 0 Å². The Kier molecular flexibility index (Phi) is 3.95. The van der Waals surface area contributed by atoms with E-state index in [0.717, 1.165) is 40.4 Å². The number of halogens is 2. The van der Waals surface area contributed by atoms with Crippen LogP contribution in [0.2, 0.25) is 0 Å². The monoisotopic (exact) mass is 370 g/mol. The van der Waals surface area contributed by atoms with Crippen molar-refractivity contribution >= 4 is 22.8 Å². The van der Waals surface area contributed by atoms with Crippen molar-refractivity contribution in [1.29, 1.82) is 0 Å². The molecule has 138 valence electrons. The summed E-state index contributed by atoms with van der Waals surface area (Å²) in [4.78, 5) is 25.9. The standard InChI is InChI=1S/C20H16F2N2O3/c1-23-16-5-3-2-4-12(16)13-9-17(20(26)27)24(10-18(13)23)19(25)11-6-7-14(21)15(22)8-11/h2-8,17H,9-10H2,1H3,(H,26,27). The molecule has 0 spiro atoms. The summed E-state index contributed by atoms with van der Waals surface area (Å²) in [5, 5.41) is 10.6. The Morgan fingerprint density at radius 3 is 2.56 bits per heavy atom. The van der Waals surface area contributed by atoms with Crippen LogP contribution in [0, 0.1) is 11.6 Å². The van der Waals surface area contributed by atoms with Gasteiger partial charge in [-0.3, -0.25) is 4.79 Å². The minimum absolute atomic E-state index is 0.0787. The molecular formula is C20H16F2N2O3. The molecule has 0 bridgehead atoms. The highest BCUT2D eigenvalue weighted by molar-refractivity contribution is 5.97. The predicted molar refractivity (Wildman–Crippen MR) is 94.3 cm³/mol. The fourth-order valence-electron chi connectivity index (χ4n) is 3.76. The maximum Gasteiger partial charge on any atom is 0.326 e. The molecule has 1 aliphatic rings. The van der Waals surface area contributed by atoms with Gasteiger partial charge in [-0.05, 0) is 29.8 Å². The summed E-state index contributed by atoms with van der Waals surface area (Å²) in [6, 6.07) is 9.40. The molecule has 1 N–H and O–H groups in total. The summed E-state index contributed by atoms with van der Waals surface area (Å²) < 4.78 is 28.7. The molecule has 0 aliphatic carbocycles. The van der Waals surface area contributed by atoms with E-state index in [2.05, 4.69) is 0 Å². The van der Waals surface area contributed by atoms with Gasteiger partial charge in [0.25, 0.3) is 5.91 Å². The van der Waals surface area contributed by atoms with E-state index < -0.39 is 29.6 Å². The Morgan fingerprint density at radius 2 is 1.85 bits per heavy atom. The third-order valence-electron chi connectivity index (χ3n) is 5.15. The van der Waals surface area contributed by atoms with E-state index >= 15 is 0 Å². The molecular weight excluding hydrogens is 354 g/mol.